The Morgan fingerprint density at radius 3 is 1.92 bits per heavy atom. The van der Waals surface area contributed by atoms with E-state index in [9.17, 15) is 15.8 Å². The largest absolute Gasteiger partial charge is 0.454 e. The van der Waals surface area contributed by atoms with Crippen molar-refractivity contribution in [2.75, 3.05) is 0 Å². The van der Waals surface area contributed by atoms with Gasteiger partial charge in [-0.25, -0.2) is 0 Å². The van der Waals surface area contributed by atoms with E-state index in [0.29, 0.717) is 28.2 Å². The Morgan fingerprint density at radius 1 is 0.576 bits per heavy atom. The fraction of sp³-hybridized carbons (Fsp3) is 0.0192. The molecule has 7 aromatic carbocycles. The highest BCUT2D eigenvalue weighted by Gasteiger charge is 2.27. The smallest absolute Gasteiger partial charge is 0.160 e. The first kappa shape index (κ1) is 33.7. The van der Waals surface area contributed by atoms with Gasteiger partial charge in [-0.05, 0) is 55.5 Å². The van der Waals surface area contributed by atoms with Crippen LogP contribution >= 0.6 is 0 Å². The number of nitriles is 3. The molecule has 4 heterocycles. The van der Waals surface area contributed by atoms with Crippen molar-refractivity contribution < 1.29 is 8.83 Å². The maximum absolute atomic E-state index is 11.1. The molecule has 0 aliphatic heterocycles. The molecule has 0 aliphatic rings. The molecule has 11 rings (SSSR count). The Labute approximate surface area is 337 Å². The number of hydrogen-bond donors (Lipinski definition) is 0. The second-order valence-corrected chi connectivity index (χ2v) is 14.6. The molecule has 0 unspecified atom stereocenters. The molecule has 11 aromatic rings. The van der Waals surface area contributed by atoms with Crippen molar-refractivity contribution in [2.24, 2.45) is 0 Å². The zero-order chi connectivity index (χ0) is 39.9. The average Bonchev–Trinajstić information content (AvgIpc) is 4.02. The minimum absolute atomic E-state index is 0.219. The molecule has 0 atom stereocenters. The van der Waals surface area contributed by atoms with Gasteiger partial charge in [0.05, 0.1) is 56.2 Å². The second-order valence-electron chi connectivity index (χ2n) is 14.6. The van der Waals surface area contributed by atoms with Crippen LogP contribution in [-0.2, 0) is 0 Å². The summed E-state index contributed by atoms with van der Waals surface area (Å²) in [6, 6.07) is 49.1. The highest BCUT2D eigenvalue weighted by molar-refractivity contribution is 6.22. The minimum atomic E-state index is 0.219. The molecule has 274 valence electrons. The van der Waals surface area contributed by atoms with Crippen molar-refractivity contribution in [2.45, 2.75) is 6.92 Å². The van der Waals surface area contributed by atoms with Crippen LogP contribution in [0.2, 0.25) is 0 Å². The fourth-order valence-corrected chi connectivity index (χ4v) is 9.03. The molecule has 7 nitrogen and oxygen atoms in total. The average molecular weight is 756 g/mol. The lowest BCUT2D eigenvalue weighted by Gasteiger charge is -2.20. The van der Waals surface area contributed by atoms with Crippen LogP contribution < -0.4 is 0 Å². The summed E-state index contributed by atoms with van der Waals surface area (Å²) in [4.78, 5) is 0. The highest BCUT2D eigenvalue weighted by atomic mass is 16.3. The third-order valence-corrected chi connectivity index (χ3v) is 11.6. The standard InChI is InChI=1S/C52H29N5O2/c1-3-4-16-46-30(2)33-22-23-40-35-12-6-9-15-44(35)57(50(40)51(33)58-46)48-38(21-19-32(28-54)42(48)29-55)36-20-18-31(27-53)26-45(36)56-43-14-8-5-11-34(43)39-24-25-41-37-13-7-10-17-47(37)59-52(41)49(39)56/h3-26H,1H2,2H3/b16-4-. The Kier molecular flexibility index (Phi) is 7.28. The lowest BCUT2D eigenvalue weighted by molar-refractivity contribution is 0.603. The fourth-order valence-electron chi connectivity index (χ4n) is 9.03. The lowest BCUT2D eigenvalue weighted by Crippen LogP contribution is -2.05. The summed E-state index contributed by atoms with van der Waals surface area (Å²) in [6.07, 6.45) is 5.46. The minimum Gasteiger partial charge on any atom is -0.454 e. The monoisotopic (exact) mass is 755 g/mol. The van der Waals surface area contributed by atoms with E-state index < -0.39 is 0 Å². The summed E-state index contributed by atoms with van der Waals surface area (Å²) in [7, 11) is 0. The number of furan rings is 2. The number of hydrogen-bond acceptors (Lipinski definition) is 5. The van der Waals surface area contributed by atoms with E-state index in [-0.39, 0.29) is 11.1 Å². The number of aryl methyl sites for hydroxylation is 1. The summed E-state index contributed by atoms with van der Waals surface area (Å²) in [5.41, 5.74) is 10.1. The van der Waals surface area contributed by atoms with Crippen LogP contribution in [0.5, 0.6) is 0 Å². The van der Waals surface area contributed by atoms with Crippen molar-refractivity contribution >= 4 is 82.6 Å². The molecule has 4 aromatic heterocycles. The summed E-state index contributed by atoms with van der Waals surface area (Å²) in [5.74, 6) is 0.702. The van der Waals surface area contributed by atoms with Gasteiger partial charge in [-0.15, -0.1) is 0 Å². The first-order chi connectivity index (χ1) is 29.0. The normalized spacial score (nSPS) is 11.8. The third kappa shape index (κ3) is 4.66. The number of benzene rings is 7. The van der Waals surface area contributed by atoms with Gasteiger partial charge < -0.3 is 18.0 Å². The van der Waals surface area contributed by atoms with Crippen molar-refractivity contribution in [3.63, 3.8) is 0 Å². The lowest BCUT2D eigenvalue weighted by atomic mass is 9.94. The molecular weight excluding hydrogens is 727 g/mol. The van der Waals surface area contributed by atoms with Gasteiger partial charge in [0.2, 0.25) is 0 Å². The van der Waals surface area contributed by atoms with Gasteiger partial charge in [-0.1, -0.05) is 104 Å². The molecule has 59 heavy (non-hydrogen) atoms. The zero-order valence-corrected chi connectivity index (χ0v) is 31.6. The molecule has 0 fully saturated rings. The van der Waals surface area contributed by atoms with E-state index in [1.807, 2.05) is 85.8 Å². The Morgan fingerprint density at radius 2 is 1.20 bits per heavy atom. The zero-order valence-electron chi connectivity index (χ0n) is 31.6. The van der Waals surface area contributed by atoms with Gasteiger partial charge in [0.25, 0.3) is 0 Å². The van der Waals surface area contributed by atoms with E-state index in [4.69, 9.17) is 8.83 Å². The van der Waals surface area contributed by atoms with Crippen LogP contribution in [0.15, 0.2) is 155 Å². The van der Waals surface area contributed by atoms with Crippen LogP contribution in [0.1, 0.15) is 28.0 Å². The number of aromatic nitrogens is 2. The number of nitrogens with zero attached hydrogens (tertiary/aromatic N) is 5. The SMILES string of the molecule is C=C/C=C\c1oc2c(ccc3c4ccccc4n(-c4c(-c5ccc(C#N)cc5-n5c6ccccc6c6ccc7c8ccccc8oc7c65)ccc(C#N)c4C#N)c32)c1C. The predicted molar refractivity (Wildman–Crippen MR) is 236 cm³/mol. The maximum atomic E-state index is 11.1. The van der Waals surface area contributed by atoms with Gasteiger partial charge in [-0.2, -0.15) is 15.8 Å². The van der Waals surface area contributed by atoms with Gasteiger partial charge in [0.1, 0.15) is 23.5 Å². The van der Waals surface area contributed by atoms with E-state index in [1.54, 1.807) is 18.2 Å². The Hall–Kier alpha value is -8.57. The number of fused-ring (bicyclic) bond motifs is 12. The molecular formula is C52H29N5O2. The van der Waals surface area contributed by atoms with E-state index in [2.05, 4.69) is 82.5 Å². The molecule has 7 heteroatoms. The van der Waals surface area contributed by atoms with Crippen LogP contribution in [0, 0.1) is 40.9 Å². The first-order valence-corrected chi connectivity index (χ1v) is 19.1. The van der Waals surface area contributed by atoms with Crippen molar-refractivity contribution in [1.82, 2.24) is 9.13 Å². The molecule has 0 saturated carbocycles. The molecule has 0 amide bonds. The van der Waals surface area contributed by atoms with Crippen LogP contribution in [-0.4, -0.2) is 9.13 Å². The molecule has 0 N–H and O–H groups in total. The van der Waals surface area contributed by atoms with Gasteiger partial charge in [-0.3, -0.25) is 0 Å². The second kappa shape index (κ2) is 12.7. The number of para-hydroxylation sites is 3. The van der Waals surface area contributed by atoms with E-state index in [1.165, 1.54) is 0 Å². The van der Waals surface area contributed by atoms with Crippen molar-refractivity contribution in [1.29, 1.82) is 15.8 Å². The summed E-state index contributed by atoms with van der Waals surface area (Å²) in [6.45, 7) is 5.88. The Bertz CT molecular complexity index is 3810. The molecule has 0 radical (unpaired) electrons. The first-order valence-electron chi connectivity index (χ1n) is 19.1. The molecule has 0 spiro atoms. The molecule has 0 saturated heterocycles. The summed E-state index contributed by atoms with van der Waals surface area (Å²) in [5, 5.41) is 38.9. The molecule has 0 bridgehead atoms. The summed E-state index contributed by atoms with van der Waals surface area (Å²) < 4.78 is 17.7. The van der Waals surface area contributed by atoms with Gasteiger partial charge >= 0.3 is 0 Å². The van der Waals surface area contributed by atoms with Crippen molar-refractivity contribution in [3.05, 3.63) is 174 Å². The van der Waals surface area contributed by atoms with Crippen molar-refractivity contribution in [3.8, 4) is 40.7 Å². The van der Waals surface area contributed by atoms with E-state index >= 15 is 0 Å². The van der Waals surface area contributed by atoms with Crippen LogP contribution in [0.25, 0.3) is 105 Å². The maximum Gasteiger partial charge on any atom is 0.160 e. The van der Waals surface area contributed by atoms with E-state index in [0.717, 1.165) is 87.8 Å². The molecule has 0 aliphatic carbocycles. The predicted octanol–water partition coefficient (Wildman–Crippen LogP) is 13.3. The highest BCUT2D eigenvalue weighted by Crippen LogP contribution is 2.46. The third-order valence-electron chi connectivity index (χ3n) is 11.6. The number of rotatable bonds is 5. The quantitative estimate of drug-likeness (QED) is 0.163. The number of allylic oxidation sites excluding steroid dienone is 2. The Balaban J connectivity index is 1.32. The van der Waals surface area contributed by atoms with Gasteiger partial charge in [0.15, 0.2) is 11.2 Å². The van der Waals surface area contributed by atoms with Gasteiger partial charge in [0, 0.05) is 54.4 Å². The summed E-state index contributed by atoms with van der Waals surface area (Å²) >= 11 is 0. The van der Waals surface area contributed by atoms with Crippen LogP contribution in [0.4, 0.5) is 0 Å². The topological polar surface area (TPSA) is 108 Å². The van der Waals surface area contributed by atoms with Crippen LogP contribution in [0.3, 0.4) is 0 Å².